The van der Waals surface area contributed by atoms with E-state index >= 15 is 0 Å². The largest absolute Gasteiger partial charge is 0.479 e. The summed E-state index contributed by atoms with van der Waals surface area (Å²) < 4.78 is 28.4. The summed E-state index contributed by atoms with van der Waals surface area (Å²) in [5, 5.41) is 31.5. The second-order valence-corrected chi connectivity index (χ2v) is 20.6. The topological polar surface area (TPSA) is 175 Å². The van der Waals surface area contributed by atoms with E-state index in [2.05, 4.69) is 130 Å². The SMILES string of the molecule is CC/C=C\C/C=C\C/C=C\C/C=C\C/C=C\CCCCCC(=O)OCC(COC1OC(C(=O)O)C(O)C(O)C1OC(=O)CCCCCCC/C=C\CCCC)OC(=O)CCCCCCCC/C=C\C/C=C\C/C=C\CCCCC. The van der Waals surface area contributed by atoms with Gasteiger partial charge in [-0.3, -0.25) is 14.4 Å². The number of carboxylic acids is 1. The second-order valence-electron chi connectivity index (χ2n) is 20.6. The molecule has 0 amide bonds. The lowest BCUT2D eigenvalue weighted by molar-refractivity contribution is -0.301. The number of allylic oxidation sites excluding steroid dienone is 18. The molecule has 3 N–H and O–H groups in total. The van der Waals surface area contributed by atoms with Crippen molar-refractivity contribution in [1.29, 1.82) is 0 Å². The molecule has 0 aromatic heterocycles. The van der Waals surface area contributed by atoms with Gasteiger partial charge < -0.3 is 39.0 Å². The first-order valence-corrected chi connectivity index (χ1v) is 30.9. The molecule has 0 aliphatic carbocycles. The minimum Gasteiger partial charge on any atom is -0.479 e. The lowest BCUT2D eigenvalue weighted by atomic mass is 9.98. The zero-order valence-corrected chi connectivity index (χ0v) is 49.3. The second kappa shape index (κ2) is 54.0. The lowest BCUT2D eigenvalue weighted by Crippen LogP contribution is -2.61. The Morgan fingerprint density at radius 2 is 0.810 bits per heavy atom. The molecule has 12 heteroatoms. The molecule has 448 valence electrons. The van der Waals surface area contributed by atoms with Crippen molar-refractivity contribution in [2.45, 2.75) is 276 Å². The van der Waals surface area contributed by atoms with E-state index in [9.17, 15) is 34.5 Å². The van der Waals surface area contributed by atoms with Crippen LogP contribution in [0.3, 0.4) is 0 Å². The number of aliphatic hydroxyl groups is 2. The third kappa shape index (κ3) is 43.8. The molecule has 0 aromatic carbocycles. The summed E-state index contributed by atoms with van der Waals surface area (Å²) in [6.07, 6.45) is 60.6. The van der Waals surface area contributed by atoms with Gasteiger partial charge in [-0.2, -0.15) is 0 Å². The smallest absolute Gasteiger partial charge is 0.335 e. The molecule has 0 radical (unpaired) electrons. The Balaban J connectivity index is 2.71. The number of hydrogen-bond acceptors (Lipinski definition) is 11. The number of hydrogen-bond donors (Lipinski definition) is 3. The first-order valence-electron chi connectivity index (χ1n) is 30.9. The van der Waals surface area contributed by atoms with Crippen molar-refractivity contribution in [3.05, 3.63) is 109 Å². The maximum absolute atomic E-state index is 13.2. The number of carbonyl (C=O) groups is 4. The molecule has 0 saturated carbocycles. The molecule has 1 aliphatic heterocycles. The highest BCUT2D eigenvalue weighted by Gasteiger charge is 2.50. The first-order chi connectivity index (χ1) is 38.6. The zero-order chi connectivity index (χ0) is 57.5. The van der Waals surface area contributed by atoms with E-state index in [0.29, 0.717) is 19.3 Å². The summed E-state index contributed by atoms with van der Waals surface area (Å²) in [5.74, 6) is -3.20. The van der Waals surface area contributed by atoms with Crippen LogP contribution in [-0.2, 0) is 42.9 Å². The molecule has 1 heterocycles. The molecule has 0 aromatic rings. The van der Waals surface area contributed by atoms with Crippen LogP contribution in [0.2, 0.25) is 0 Å². The highest BCUT2D eigenvalue weighted by atomic mass is 16.7. The Labute approximate surface area is 478 Å². The van der Waals surface area contributed by atoms with Gasteiger partial charge in [0.05, 0.1) is 6.61 Å². The van der Waals surface area contributed by atoms with E-state index in [1.807, 2.05) is 0 Å². The van der Waals surface area contributed by atoms with Crippen LogP contribution >= 0.6 is 0 Å². The zero-order valence-electron chi connectivity index (χ0n) is 49.3. The van der Waals surface area contributed by atoms with Gasteiger partial charge in [0.2, 0.25) is 0 Å². The minimum absolute atomic E-state index is 0.0398. The Morgan fingerprint density at radius 1 is 0.430 bits per heavy atom. The van der Waals surface area contributed by atoms with E-state index in [0.717, 1.165) is 141 Å². The van der Waals surface area contributed by atoms with Gasteiger partial charge in [-0.05, 0) is 122 Å². The molecule has 1 rings (SSSR count). The molecule has 0 spiro atoms. The Kier molecular flexibility index (Phi) is 49.5. The number of carbonyl (C=O) groups excluding carboxylic acids is 3. The number of aliphatic carboxylic acids is 1. The van der Waals surface area contributed by atoms with E-state index in [1.165, 1.54) is 38.5 Å². The van der Waals surface area contributed by atoms with E-state index in [1.54, 1.807) is 0 Å². The van der Waals surface area contributed by atoms with Crippen LogP contribution in [0.5, 0.6) is 0 Å². The van der Waals surface area contributed by atoms with Gasteiger partial charge in [-0.15, -0.1) is 0 Å². The highest BCUT2D eigenvalue weighted by Crippen LogP contribution is 2.26. The van der Waals surface area contributed by atoms with Crippen LogP contribution in [0.4, 0.5) is 0 Å². The van der Waals surface area contributed by atoms with Crippen LogP contribution in [-0.4, -0.2) is 89.2 Å². The molecule has 12 nitrogen and oxygen atoms in total. The Morgan fingerprint density at radius 3 is 1.28 bits per heavy atom. The molecule has 6 atom stereocenters. The van der Waals surface area contributed by atoms with Crippen molar-refractivity contribution in [1.82, 2.24) is 0 Å². The van der Waals surface area contributed by atoms with Crippen LogP contribution in [0.25, 0.3) is 0 Å². The minimum atomic E-state index is -1.92. The maximum atomic E-state index is 13.2. The van der Waals surface area contributed by atoms with Crippen molar-refractivity contribution in [3.8, 4) is 0 Å². The van der Waals surface area contributed by atoms with Gasteiger partial charge in [0.1, 0.15) is 18.8 Å². The lowest BCUT2D eigenvalue weighted by Gasteiger charge is -2.40. The maximum Gasteiger partial charge on any atom is 0.335 e. The van der Waals surface area contributed by atoms with Gasteiger partial charge in [0.25, 0.3) is 0 Å². The number of rotatable bonds is 51. The van der Waals surface area contributed by atoms with E-state index < -0.39 is 67.3 Å². The third-order valence-electron chi connectivity index (χ3n) is 13.3. The van der Waals surface area contributed by atoms with Crippen LogP contribution in [0, 0.1) is 0 Å². The molecular weight excluding hydrogens is 997 g/mol. The van der Waals surface area contributed by atoms with Gasteiger partial charge in [-0.1, -0.05) is 207 Å². The average molecular weight is 1110 g/mol. The first kappa shape index (κ1) is 72.4. The van der Waals surface area contributed by atoms with Gasteiger partial charge in [0, 0.05) is 19.3 Å². The molecule has 1 fully saturated rings. The quantitative estimate of drug-likeness (QED) is 0.0228. The average Bonchev–Trinajstić information content (AvgIpc) is 3.47. The predicted octanol–water partition coefficient (Wildman–Crippen LogP) is 16.2. The number of esters is 3. The third-order valence-corrected chi connectivity index (χ3v) is 13.3. The van der Waals surface area contributed by atoms with Crippen molar-refractivity contribution in [2.75, 3.05) is 13.2 Å². The normalized spacial score (nSPS) is 18.6. The van der Waals surface area contributed by atoms with Gasteiger partial charge >= 0.3 is 23.9 Å². The van der Waals surface area contributed by atoms with Crippen LogP contribution in [0.1, 0.15) is 239 Å². The summed E-state index contributed by atoms with van der Waals surface area (Å²) in [6, 6.07) is 0. The van der Waals surface area contributed by atoms with Gasteiger partial charge in [-0.25, -0.2) is 4.79 Å². The van der Waals surface area contributed by atoms with E-state index in [-0.39, 0.29) is 25.9 Å². The Hall–Kier alpha value is -4.62. The van der Waals surface area contributed by atoms with Crippen molar-refractivity contribution >= 4 is 23.9 Å². The summed E-state index contributed by atoms with van der Waals surface area (Å²) in [6.45, 7) is 5.76. The number of aliphatic hydroxyl groups excluding tert-OH is 2. The molecule has 1 saturated heterocycles. The number of ether oxygens (including phenoxy) is 5. The highest BCUT2D eigenvalue weighted by molar-refractivity contribution is 5.74. The molecule has 79 heavy (non-hydrogen) atoms. The van der Waals surface area contributed by atoms with Crippen molar-refractivity contribution in [3.63, 3.8) is 0 Å². The van der Waals surface area contributed by atoms with E-state index in [4.69, 9.17) is 23.7 Å². The van der Waals surface area contributed by atoms with Crippen LogP contribution in [0.15, 0.2) is 109 Å². The molecule has 6 unspecified atom stereocenters. The monoisotopic (exact) mass is 1100 g/mol. The van der Waals surface area contributed by atoms with Crippen molar-refractivity contribution in [2.24, 2.45) is 0 Å². The summed E-state index contributed by atoms with van der Waals surface area (Å²) >= 11 is 0. The van der Waals surface area contributed by atoms with Crippen molar-refractivity contribution < 1.29 is 58.2 Å². The number of carboxylic acid groups (broad SMARTS) is 1. The number of unbranched alkanes of at least 4 members (excludes halogenated alkanes) is 19. The Bertz CT molecular complexity index is 1790. The molecule has 1 aliphatic rings. The fraction of sp³-hybridized carbons (Fsp3) is 0.672. The van der Waals surface area contributed by atoms with Gasteiger partial charge in [0.15, 0.2) is 24.6 Å². The predicted molar refractivity (Wildman–Crippen MR) is 321 cm³/mol. The molecule has 0 bridgehead atoms. The van der Waals surface area contributed by atoms with Crippen LogP contribution < -0.4 is 0 Å². The summed E-state index contributed by atoms with van der Waals surface area (Å²) in [7, 11) is 0. The summed E-state index contributed by atoms with van der Waals surface area (Å²) in [4.78, 5) is 51.2. The fourth-order valence-electron chi connectivity index (χ4n) is 8.56. The summed E-state index contributed by atoms with van der Waals surface area (Å²) in [5.41, 5.74) is 0. The molecular formula is C67H108O12. The standard InChI is InChI=1S/C67H108O12/c1-4-7-10-13-16-19-22-24-26-28-30-32-34-36-39-41-44-47-50-53-59(68)75-56-58(77-60(69)54-51-48-45-43-40-37-35-33-31-29-27-25-23-20-17-14-11-8-5-2)57-76-67-65(63(72)62(71)64(79-67)66(73)74)78-61(70)55-52-49-46-42-38-21-18-15-12-9-6-3/h7,10,15-20,24-27,30-33,36,39,58,62-65,67,71-72H,4-6,8-9,11-14,21-23,28-29,34-35,37-38,40-57H2,1-3H3,(H,73,74)/b10-7-,18-15-,19-16-,20-17-,26-24-,27-25-,32-30-,33-31-,39-36-. The fourth-order valence-corrected chi connectivity index (χ4v) is 8.56.